The molecule has 2 rings (SSSR count). The molecule has 0 saturated heterocycles. The summed E-state index contributed by atoms with van der Waals surface area (Å²) >= 11 is 1.40. The van der Waals surface area contributed by atoms with Gasteiger partial charge in [0.25, 0.3) is 11.8 Å². The molecule has 0 radical (unpaired) electrons. The van der Waals surface area contributed by atoms with Crippen LogP contribution in [0.15, 0.2) is 35.0 Å². The fraction of sp³-hybridized carbons (Fsp3) is 0.263. The van der Waals surface area contributed by atoms with Gasteiger partial charge in [0.2, 0.25) is 0 Å². The number of carbonyl (C=O) groups is 4. The van der Waals surface area contributed by atoms with E-state index in [1.807, 2.05) is 0 Å². The van der Waals surface area contributed by atoms with Gasteiger partial charge in [-0.1, -0.05) is 6.07 Å². The quantitative estimate of drug-likeness (QED) is 0.652. The maximum Gasteiger partial charge on any atom is 0.337 e. The summed E-state index contributed by atoms with van der Waals surface area (Å²) < 4.78 is 9.54. The third-order valence-electron chi connectivity index (χ3n) is 3.70. The second-order valence-corrected chi connectivity index (χ2v) is 6.53. The van der Waals surface area contributed by atoms with Crippen molar-refractivity contribution in [3.8, 4) is 0 Å². The Hall–Kier alpha value is -3.20. The van der Waals surface area contributed by atoms with Crippen LogP contribution in [0.1, 0.15) is 32.7 Å². The molecule has 0 saturated carbocycles. The van der Waals surface area contributed by atoms with E-state index in [9.17, 15) is 19.2 Å². The van der Waals surface area contributed by atoms with Crippen molar-refractivity contribution in [2.75, 3.05) is 25.6 Å². The Balaban J connectivity index is 1.75. The van der Waals surface area contributed by atoms with E-state index in [-0.39, 0.29) is 18.9 Å². The summed E-state index contributed by atoms with van der Waals surface area (Å²) in [5.41, 5.74) is 1.99. The minimum atomic E-state index is -0.610. The van der Waals surface area contributed by atoms with Gasteiger partial charge in [0.15, 0.2) is 6.61 Å². The third-order valence-corrected chi connectivity index (χ3v) is 4.38. The number of esters is 2. The first-order chi connectivity index (χ1) is 13.4. The Labute approximate surface area is 165 Å². The van der Waals surface area contributed by atoms with Gasteiger partial charge in [0, 0.05) is 23.2 Å². The summed E-state index contributed by atoms with van der Waals surface area (Å²) in [5.74, 6) is -1.94. The van der Waals surface area contributed by atoms with E-state index in [4.69, 9.17) is 4.74 Å². The Morgan fingerprint density at radius 3 is 2.57 bits per heavy atom. The maximum absolute atomic E-state index is 12.0. The van der Waals surface area contributed by atoms with Crippen molar-refractivity contribution in [3.63, 3.8) is 0 Å². The lowest BCUT2D eigenvalue weighted by atomic mass is 10.1. The second kappa shape index (κ2) is 10.2. The van der Waals surface area contributed by atoms with Crippen LogP contribution in [-0.2, 0) is 19.1 Å². The molecule has 1 aromatic carbocycles. The zero-order chi connectivity index (χ0) is 20.5. The van der Waals surface area contributed by atoms with Crippen molar-refractivity contribution < 1.29 is 28.7 Å². The number of nitrogens with one attached hydrogen (secondary N) is 2. The SMILES string of the molecule is COC(=O)c1ccc(C)c(NC(=O)COC(=O)CCNC(=O)c2ccsc2)c1. The lowest BCUT2D eigenvalue weighted by Gasteiger charge is -2.10. The van der Waals surface area contributed by atoms with Crippen LogP contribution in [0, 0.1) is 6.92 Å². The fourth-order valence-corrected chi connectivity index (χ4v) is 2.82. The van der Waals surface area contributed by atoms with Crippen molar-refractivity contribution in [1.29, 1.82) is 0 Å². The van der Waals surface area contributed by atoms with Gasteiger partial charge in [-0.3, -0.25) is 14.4 Å². The minimum absolute atomic E-state index is 0.0555. The van der Waals surface area contributed by atoms with E-state index in [0.717, 1.165) is 5.56 Å². The van der Waals surface area contributed by atoms with E-state index < -0.39 is 24.5 Å². The van der Waals surface area contributed by atoms with Gasteiger partial charge in [-0.25, -0.2) is 4.79 Å². The van der Waals surface area contributed by atoms with Gasteiger partial charge < -0.3 is 20.1 Å². The second-order valence-electron chi connectivity index (χ2n) is 5.75. The normalized spacial score (nSPS) is 10.1. The highest BCUT2D eigenvalue weighted by Crippen LogP contribution is 2.17. The number of rotatable bonds is 8. The fourth-order valence-electron chi connectivity index (χ4n) is 2.18. The lowest BCUT2D eigenvalue weighted by molar-refractivity contribution is -0.147. The topological polar surface area (TPSA) is 111 Å². The van der Waals surface area contributed by atoms with Crippen LogP contribution in [0.2, 0.25) is 0 Å². The molecule has 1 heterocycles. The van der Waals surface area contributed by atoms with Crippen LogP contribution in [0.5, 0.6) is 0 Å². The van der Waals surface area contributed by atoms with Crippen LogP contribution < -0.4 is 10.6 Å². The summed E-state index contributed by atoms with van der Waals surface area (Å²) in [6, 6.07) is 6.42. The molecule has 0 aliphatic carbocycles. The Kier molecular flexibility index (Phi) is 7.70. The third kappa shape index (κ3) is 6.20. The van der Waals surface area contributed by atoms with Crippen LogP contribution in [0.25, 0.3) is 0 Å². The molecule has 0 unspecified atom stereocenters. The molecule has 1 aromatic heterocycles. The number of thiophene rings is 1. The highest BCUT2D eigenvalue weighted by atomic mass is 32.1. The van der Waals surface area contributed by atoms with Gasteiger partial charge in [-0.15, -0.1) is 0 Å². The first-order valence-electron chi connectivity index (χ1n) is 8.35. The number of amides is 2. The Bertz CT molecular complexity index is 863. The van der Waals surface area contributed by atoms with Crippen molar-refractivity contribution in [1.82, 2.24) is 5.32 Å². The van der Waals surface area contributed by atoms with Crippen molar-refractivity contribution in [3.05, 3.63) is 51.7 Å². The number of methoxy groups -OCH3 is 1. The number of aryl methyl sites for hydroxylation is 1. The van der Waals surface area contributed by atoms with E-state index in [1.54, 1.807) is 35.9 Å². The van der Waals surface area contributed by atoms with E-state index in [1.165, 1.54) is 24.5 Å². The number of ether oxygens (including phenoxy) is 2. The van der Waals surface area contributed by atoms with Crippen LogP contribution >= 0.6 is 11.3 Å². The molecule has 148 valence electrons. The number of hydrogen-bond acceptors (Lipinski definition) is 7. The minimum Gasteiger partial charge on any atom is -0.465 e. The highest BCUT2D eigenvalue weighted by Gasteiger charge is 2.13. The Morgan fingerprint density at radius 2 is 1.89 bits per heavy atom. The van der Waals surface area contributed by atoms with E-state index >= 15 is 0 Å². The number of anilines is 1. The van der Waals surface area contributed by atoms with Crippen LogP contribution in [0.4, 0.5) is 5.69 Å². The molecule has 0 aliphatic rings. The summed E-state index contributed by atoms with van der Waals surface area (Å²) in [4.78, 5) is 47.0. The number of benzene rings is 1. The molecule has 2 aromatic rings. The predicted octanol–water partition coefficient (Wildman–Crippen LogP) is 2.14. The summed E-state index contributed by atoms with van der Waals surface area (Å²) in [6.07, 6.45) is -0.0555. The molecule has 0 spiro atoms. The standard InChI is InChI=1S/C19H20N2O6S/c1-12-3-4-13(19(25)26-2)9-15(12)21-16(22)10-27-17(23)5-7-20-18(24)14-6-8-28-11-14/h3-4,6,8-9,11H,5,7,10H2,1-2H3,(H,20,24)(H,21,22). The molecule has 0 fully saturated rings. The monoisotopic (exact) mass is 404 g/mol. The average Bonchev–Trinajstić information content (AvgIpc) is 3.22. The molecular formula is C19H20N2O6S. The van der Waals surface area contributed by atoms with Crippen molar-refractivity contribution in [2.45, 2.75) is 13.3 Å². The molecule has 2 amide bonds. The molecule has 9 heteroatoms. The average molecular weight is 404 g/mol. The largest absolute Gasteiger partial charge is 0.465 e. The summed E-state index contributed by atoms with van der Waals surface area (Å²) in [6.45, 7) is 1.40. The first kappa shape index (κ1) is 21.1. The van der Waals surface area contributed by atoms with Crippen molar-refractivity contribution in [2.24, 2.45) is 0 Å². The van der Waals surface area contributed by atoms with Crippen LogP contribution in [0.3, 0.4) is 0 Å². The molecule has 2 N–H and O–H groups in total. The summed E-state index contributed by atoms with van der Waals surface area (Å²) in [5, 5.41) is 8.67. The van der Waals surface area contributed by atoms with Gasteiger partial charge in [0.05, 0.1) is 19.1 Å². The van der Waals surface area contributed by atoms with Gasteiger partial charge in [0.1, 0.15) is 0 Å². The first-order valence-corrected chi connectivity index (χ1v) is 9.30. The Morgan fingerprint density at radius 1 is 1.11 bits per heavy atom. The highest BCUT2D eigenvalue weighted by molar-refractivity contribution is 7.08. The smallest absolute Gasteiger partial charge is 0.337 e. The number of carbonyl (C=O) groups excluding carboxylic acids is 4. The molecular weight excluding hydrogens is 384 g/mol. The predicted molar refractivity (Wildman–Crippen MR) is 103 cm³/mol. The van der Waals surface area contributed by atoms with Gasteiger partial charge >= 0.3 is 11.9 Å². The maximum atomic E-state index is 12.0. The lowest BCUT2D eigenvalue weighted by Crippen LogP contribution is -2.27. The zero-order valence-corrected chi connectivity index (χ0v) is 16.3. The van der Waals surface area contributed by atoms with Gasteiger partial charge in [-0.2, -0.15) is 11.3 Å². The zero-order valence-electron chi connectivity index (χ0n) is 15.4. The molecule has 0 aliphatic heterocycles. The molecule has 0 bridgehead atoms. The van der Waals surface area contributed by atoms with Crippen LogP contribution in [-0.4, -0.2) is 44.0 Å². The number of hydrogen-bond donors (Lipinski definition) is 2. The summed E-state index contributed by atoms with van der Waals surface area (Å²) in [7, 11) is 1.27. The van der Waals surface area contributed by atoms with E-state index in [0.29, 0.717) is 16.8 Å². The molecule has 0 atom stereocenters. The van der Waals surface area contributed by atoms with Gasteiger partial charge in [-0.05, 0) is 36.1 Å². The van der Waals surface area contributed by atoms with E-state index in [2.05, 4.69) is 15.4 Å². The van der Waals surface area contributed by atoms with Crippen molar-refractivity contribution >= 4 is 40.8 Å². The molecule has 28 heavy (non-hydrogen) atoms. The molecule has 8 nitrogen and oxygen atoms in total.